The second-order valence-electron chi connectivity index (χ2n) is 6.83. The van der Waals surface area contributed by atoms with E-state index >= 15 is 0 Å². The van der Waals surface area contributed by atoms with Crippen LogP contribution in [0.5, 0.6) is 0 Å². The van der Waals surface area contributed by atoms with Crippen LogP contribution in [0.3, 0.4) is 0 Å². The molecule has 7 heteroatoms. The van der Waals surface area contributed by atoms with Gasteiger partial charge in [-0.1, -0.05) is 37.5 Å². The van der Waals surface area contributed by atoms with Crippen LogP contribution < -0.4 is 16.4 Å². The Labute approximate surface area is 165 Å². The summed E-state index contributed by atoms with van der Waals surface area (Å²) in [6.07, 6.45) is 7.08. The molecule has 0 unspecified atom stereocenters. The molecule has 0 aromatic heterocycles. The number of nitrogens with one attached hydrogen (secondary N) is 2. The number of hydrogen-bond acceptors (Lipinski definition) is 3. The molecule has 28 heavy (non-hydrogen) atoms. The number of allylic oxidation sites excluding steroid dienone is 1. The summed E-state index contributed by atoms with van der Waals surface area (Å²) in [5.41, 5.74) is 5.98. The number of halogens is 1. The van der Waals surface area contributed by atoms with E-state index in [4.69, 9.17) is 5.73 Å². The Morgan fingerprint density at radius 1 is 1.14 bits per heavy atom. The lowest BCUT2D eigenvalue weighted by molar-refractivity contribution is -0.130. The van der Waals surface area contributed by atoms with Crippen molar-refractivity contribution >= 4 is 17.7 Å². The average Bonchev–Trinajstić information content (AvgIpc) is 2.62. The summed E-state index contributed by atoms with van der Waals surface area (Å²) in [5.74, 6) is -1.96. The smallest absolute Gasteiger partial charge is 0.243 e. The van der Waals surface area contributed by atoms with Crippen molar-refractivity contribution in [3.05, 3.63) is 48.3 Å². The number of carbonyl (C=O) groups excluding carboxylic acids is 3. The van der Waals surface area contributed by atoms with Crippen molar-refractivity contribution in [2.45, 2.75) is 64.0 Å². The van der Waals surface area contributed by atoms with Crippen LogP contribution >= 0.6 is 0 Å². The normalized spacial score (nSPS) is 12.6. The Hall–Kier alpha value is -2.70. The third-order valence-corrected chi connectivity index (χ3v) is 4.33. The van der Waals surface area contributed by atoms with Gasteiger partial charge in [0.1, 0.15) is 17.9 Å². The van der Waals surface area contributed by atoms with Gasteiger partial charge >= 0.3 is 0 Å². The highest BCUT2D eigenvalue weighted by Crippen LogP contribution is 2.10. The molecule has 0 saturated heterocycles. The van der Waals surface area contributed by atoms with E-state index in [9.17, 15) is 18.8 Å². The first-order valence-electron chi connectivity index (χ1n) is 9.55. The van der Waals surface area contributed by atoms with Gasteiger partial charge in [0, 0.05) is 13.3 Å². The molecule has 1 aromatic rings. The molecular weight excluding hydrogens is 361 g/mol. The SMILES string of the molecule is C=CCCCCCC[C@H](NC(=O)[C@@H](Cc1cccc(F)c1)NC(C)=O)C(N)=O. The van der Waals surface area contributed by atoms with Crippen molar-refractivity contribution in [3.8, 4) is 0 Å². The van der Waals surface area contributed by atoms with Crippen LogP contribution in [0.4, 0.5) is 4.39 Å². The van der Waals surface area contributed by atoms with Gasteiger partial charge in [0.2, 0.25) is 17.7 Å². The number of rotatable bonds is 13. The summed E-state index contributed by atoms with van der Waals surface area (Å²) in [6.45, 7) is 4.97. The van der Waals surface area contributed by atoms with Crippen LogP contribution in [0.2, 0.25) is 0 Å². The molecule has 3 amide bonds. The fourth-order valence-corrected chi connectivity index (χ4v) is 2.90. The molecule has 1 rings (SSSR count). The molecule has 0 heterocycles. The molecule has 0 fully saturated rings. The topological polar surface area (TPSA) is 101 Å². The maximum Gasteiger partial charge on any atom is 0.243 e. The highest BCUT2D eigenvalue weighted by molar-refractivity contribution is 5.91. The van der Waals surface area contributed by atoms with Gasteiger partial charge in [-0.05, 0) is 37.0 Å². The van der Waals surface area contributed by atoms with Gasteiger partial charge in [0.15, 0.2) is 0 Å². The fourth-order valence-electron chi connectivity index (χ4n) is 2.90. The summed E-state index contributed by atoms with van der Waals surface area (Å²) >= 11 is 0. The molecule has 0 aliphatic heterocycles. The van der Waals surface area contributed by atoms with Crippen LogP contribution in [-0.4, -0.2) is 29.8 Å². The van der Waals surface area contributed by atoms with E-state index in [1.54, 1.807) is 6.07 Å². The van der Waals surface area contributed by atoms with E-state index in [2.05, 4.69) is 17.2 Å². The predicted molar refractivity (Wildman–Crippen MR) is 107 cm³/mol. The standard InChI is InChI=1S/C21H30FN3O3/c1-3-4-5-6-7-8-12-18(20(23)27)25-21(28)19(24-15(2)26)14-16-10-9-11-17(22)13-16/h3,9-11,13,18-19H,1,4-8,12,14H2,2H3,(H2,23,27)(H,24,26)(H,25,28)/t18-,19+/m0/s1. The summed E-state index contributed by atoms with van der Waals surface area (Å²) in [5, 5.41) is 5.17. The van der Waals surface area contributed by atoms with Gasteiger partial charge < -0.3 is 16.4 Å². The van der Waals surface area contributed by atoms with Crippen LogP contribution in [0.25, 0.3) is 0 Å². The van der Waals surface area contributed by atoms with Crippen molar-refractivity contribution in [1.82, 2.24) is 10.6 Å². The van der Waals surface area contributed by atoms with E-state index < -0.39 is 35.6 Å². The summed E-state index contributed by atoms with van der Waals surface area (Å²) in [7, 11) is 0. The molecule has 0 aliphatic carbocycles. The highest BCUT2D eigenvalue weighted by atomic mass is 19.1. The maximum atomic E-state index is 13.4. The van der Waals surface area contributed by atoms with Gasteiger partial charge in [-0.25, -0.2) is 4.39 Å². The van der Waals surface area contributed by atoms with Gasteiger partial charge in [0.05, 0.1) is 0 Å². The Kier molecular flexibility index (Phi) is 10.5. The van der Waals surface area contributed by atoms with E-state index in [-0.39, 0.29) is 6.42 Å². The minimum Gasteiger partial charge on any atom is -0.368 e. The lowest BCUT2D eigenvalue weighted by Gasteiger charge is -2.21. The number of amides is 3. The molecule has 0 aliphatic rings. The van der Waals surface area contributed by atoms with Crippen molar-refractivity contribution < 1.29 is 18.8 Å². The monoisotopic (exact) mass is 391 g/mol. The number of nitrogens with two attached hydrogens (primary N) is 1. The molecule has 2 atom stereocenters. The second-order valence-corrected chi connectivity index (χ2v) is 6.83. The minimum absolute atomic E-state index is 0.107. The molecule has 0 bridgehead atoms. The number of primary amides is 1. The molecule has 0 radical (unpaired) electrons. The van der Waals surface area contributed by atoms with Crippen LogP contribution in [0.15, 0.2) is 36.9 Å². The molecule has 6 nitrogen and oxygen atoms in total. The zero-order valence-corrected chi connectivity index (χ0v) is 16.4. The van der Waals surface area contributed by atoms with Gasteiger partial charge in [-0.15, -0.1) is 6.58 Å². The molecule has 0 spiro atoms. The third-order valence-electron chi connectivity index (χ3n) is 4.33. The Bertz CT molecular complexity index is 679. The quantitative estimate of drug-likeness (QED) is 0.355. The van der Waals surface area contributed by atoms with Crippen LogP contribution in [-0.2, 0) is 20.8 Å². The van der Waals surface area contributed by atoms with E-state index in [1.165, 1.54) is 25.1 Å². The van der Waals surface area contributed by atoms with E-state index in [0.29, 0.717) is 12.0 Å². The highest BCUT2D eigenvalue weighted by Gasteiger charge is 2.25. The van der Waals surface area contributed by atoms with Crippen LogP contribution in [0, 0.1) is 5.82 Å². The lowest BCUT2D eigenvalue weighted by atomic mass is 10.0. The van der Waals surface area contributed by atoms with Crippen molar-refractivity contribution in [2.75, 3.05) is 0 Å². The number of carbonyl (C=O) groups is 3. The van der Waals surface area contributed by atoms with Crippen molar-refractivity contribution in [1.29, 1.82) is 0 Å². The number of hydrogen-bond donors (Lipinski definition) is 3. The Balaban J connectivity index is 2.67. The van der Waals surface area contributed by atoms with Crippen molar-refractivity contribution in [2.24, 2.45) is 5.73 Å². The molecule has 154 valence electrons. The minimum atomic E-state index is -0.922. The fraction of sp³-hybridized carbons (Fsp3) is 0.476. The van der Waals surface area contributed by atoms with Gasteiger partial charge in [0.25, 0.3) is 0 Å². The predicted octanol–water partition coefficient (Wildman–Crippen LogP) is 2.37. The third kappa shape index (κ3) is 9.30. The number of benzene rings is 1. The van der Waals surface area contributed by atoms with E-state index in [0.717, 1.165) is 32.1 Å². The van der Waals surface area contributed by atoms with Gasteiger partial charge in [-0.2, -0.15) is 0 Å². The van der Waals surface area contributed by atoms with Crippen LogP contribution in [0.1, 0.15) is 51.0 Å². The maximum absolute atomic E-state index is 13.4. The summed E-state index contributed by atoms with van der Waals surface area (Å²) < 4.78 is 13.4. The van der Waals surface area contributed by atoms with Crippen molar-refractivity contribution in [3.63, 3.8) is 0 Å². The number of unbranched alkanes of at least 4 members (excludes halogenated alkanes) is 4. The molecule has 0 saturated carbocycles. The molecular formula is C21H30FN3O3. The van der Waals surface area contributed by atoms with E-state index in [1.807, 2.05) is 6.08 Å². The zero-order valence-electron chi connectivity index (χ0n) is 16.4. The summed E-state index contributed by atoms with van der Waals surface area (Å²) in [4.78, 5) is 35.8. The zero-order chi connectivity index (χ0) is 20.9. The Morgan fingerprint density at radius 3 is 2.46 bits per heavy atom. The average molecular weight is 391 g/mol. The Morgan fingerprint density at radius 2 is 1.86 bits per heavy atom. The lowest BCUT2D eigenvalue weighted by Crippen LogP contribution is -2.53. The molecule has 1 aromatic carbocycles. The second kappa shape index (κ2) is 12.6. The van der Waals surface area contributed by atoms with Gasteiger partial charge in [-0.3, -0.25) is 14.4 Å². The first kappa shape index (κ1) is 23.3. The first-order chi connectivity index (χ1) is 13.3. The molecule has 4 N–H and O–H groups in total. The summed E-state index contributed by atoms with van der Waals surface area (Å²) in [6, 6.07) is 4.07. The first-order valence-corrected chi connectivity index (χ1v) is 9.55. The largest absolute Gasteiger partial charge is 0.368 e.